The van der Waals surface area contributed by atoms with Crippen LogP contribution in [-0.4, -0.2) is 46.4 Å². The van der Waals surface area contributed by atoms with Crippen molar-refractivity contribution in [3.8, 4) is 0 Å². The molecule has 1 fully saturated rings. The normalized spacial score (nSPS) is 24.1. The van der Waals surface area contributed by atoms with E-state index in [0.717, 1.165) is 25.2 Å². The van der Waals surface area contributed by atoms with Crippen LogP contribution in [0.1, 0.15) is 19.4 Å². The standard InChI is InChI=1S/C13H19ClN2O2/c1-13(2)9-16(7-11(8-17)18-13)6-10-3-4-15-5-12(10)14/h3-5,11,17H,6-9H2,1-2H3. The highest BCUT2D eigenvalue weighted by Crippen LogP contribution is 2.24. The predicted octanol–water partition coefficient (Wildman–Crippen LogP) is 1.71. The fourth-order valence-electron chi connectivity index (χ4n) is 2.41. The Balaban J connectivity index is 2.07. The molecular weight excluding hydrogens is 252 g/mol. The highest BCUT2D eigenvalue weighted by molar-refractivity contribution is 6.31. The maximum atomic E-state index is 9.27. The number of aromatic nitrogens is 1. The topological polar surface area (TPSA) is 45.6 Å². The van der Waals surface area contributed by atoms with Crippen LogP contribution in [0.15, 0.2) is 18.5 Å². The maximum Gasteiger partial charge on any atom is 0.0940 e. The Bertz CT molecular complexity index is 412. The Kier molecular flexibility index (Phi) is 4.22. The highest BCUT2D eigenvalue weighted by Gasteiger charge is 2.33. The van der Waals surface area contributed by atoms with Crippen molar-refractivity contribution in [2.45, 2.75) is 32.1 Å². The molecule has 0 bridgehead atoms. The Morgan fingerprint density at radius 2 is 2.39 bits per heavy atom. The van der Waals surface area contributed by atoms with Gasteiger partial charge in [0.25, 0.3) is 0 Å². The predicted molar refractivity (Wildman–Crippen MR) is 70.6 cm³/mol. The van der Waals surface area contributed by atoms with Crippen LogP contribution in [0, 0.1) is 0 Å². The first-order valence-corrected chi connectivity index (χ1v) is 6.47. The van der Waals surface area contributed by atoms with Crippen LogP contribution in [0.5, 0.6) is 0 Å². The molecule has 0 amide bonds. The van der Waals surface area contributed by atoms with Gasteiger partial charge in [-0.2, -0.15) is 0 Å². The molecule has 0 radical (unpaired) electrons. The van der Waals surface area contributed by atoms with Gasteiger partial charge in [-0.25, -0.2) is 0 Å². The Morgan fingerprint density at radius 1 is 1.61 bits per heavy atom. The lowest BCUT2D eigenvalue weighted by Gasteiger charge is -2.42. The molecule has 1 aromatic heterocycles. The number of aliphatic hydroxyl groups is 1. The molecule has 1 aromatic rings. The summed E-state index contributed by atoms with van der Waals surface area (Å²) < 4.78 is 5.78. The summed E-state index contributed by atoms with van der Waals surface area (Å²) in [5, 5.41) is 9.96. The average molecular weight is 271 g/mol. The minimum Gasteiger partial charge on any atom is -0.394 e. The maximum absolute atomic E-state index is 9.27. The lowest BCUT2D eigenvalue weighted by molar-refractivity contribution is -0.150. The number of rotatable bonds is 3. The smallest absolute Gasteiger partial charge is 0.0940 e. The molecule has 5 heteroatoms. The second kappa shape index (κ2) is 5.53. The summed E-state index contributed by atoms with van der Waals surface area (Å²) >= 11 is 6.12. The molecule has 0 spiro atoms. The van der Waals surface area contributed by atoms with Gasteiger partial charge in [0, 0.05) is 32.0 Å². The van der Waals surface area contributed by atoms with E-state index in [9.17, 15) is 5.11 Å². The third kappa shape index (κ3) is 3.42. The largest absolute Gasteiger partial charge is 0.394 e. The Morgan fingerprint density at radius 3 is 3.06 bits per heavy atom. The molecule has 1 N–H and O–H groups in total. The van der Waals surface area contributed by atoms with Crippen molar-refractivity contribution < 1.29 is 9.84 Å². The van der Waals surface area contributed by atoms with E-state index in [1.807, 2.05) is 19.9 Å². The summed E-state index contributed by atoms with van der Waals surface area (Å²) in [7, 11) is 0. The third-order valence-electron chi connectivity index (χ3n) is 3.01. The van der Waals surface area contributed by atoms with E-state index in [1.54, 1.807) is 12.4 Å². The van der Waals surface area contributed by atoms with Crippen molar-refractivity contribution in [2.75, 3.05) is 19.7 Å². The van der Waals surface area contributed by atoms with Gasteiger partial charge in [-0.05, 0) is 25.5 Å². The number of halogens is 1. The molecule has 1 unspecified atom stereocenters. The summed E-state index contributed by atoms with van der Waals surface area (Å²) in [5.74, 6) is 0. The van der Waals surface area contributed by atoms with E-state index in [4.69, 9.17) is 16.3 Å². The highest BCUT2D eigenvalue weighted by atomic mass is 35.5. The number of hydrogen-bond acceptors (Lipinski definition) is 4. The first-order valence-electron chi connectivity index (χ1n) is 6.09. The fourth-order valence-corrected chi connectivity index (χ4v) is 2.58. The molecule has 2 heterocycles. The van der Waals surface area contributed by atoms with Crippen LogP contribution < -0.4 is 0 Å². The minimum atomic E-state index is -0.245. The molecule has 1 atom stereocenters. The van der Waals surface area contributed by atoms with E-state index >= 15 is 0 Å². The number of pyridine rings is 1. The van der Waals surface area contributed by atoms with E-state index in [-0.39, 0.29) is 18.3 Å². The summed E-state index contributed by atoms with van der Waals surface area (Å²) in [4.78, 5) is 6.24. The average Bonchev–Trinajstić information content (AvgIpc) is 2.30. The molecule has 1 saturated heterocycles. The van der Waals surface area contributed by atoms with Crippen molar-refractivity contribution in [2.24, 2.45) is 0 Å². The van der Waals surface area contributed by atoms with Gasteiger partial charge in [0.15, 0.2) is 0 Å². The Labute approximate surface area is 113 Å². The lowest BCUT2D eigenvalue weighted by atomic mass is 10.0. The first-order chi connectivity index (χ1) is 8.50. The van der Waals surface area contributed by atoms with Gasteiger partial charge in [0.1, 0.15) is 0 Å². The molecule has 0 aromatic carbocycles. The molecular formula is C13H19ClN2O2. The van der Waals surface area contributed by atoms with Gasteiger partial charge in [-0.3, -0.25) is 9.88 Å². The minimum absolute atomic E-state index is 0.0456. The zero-order chi connectivity index (χ0) is 13.2. The fraction of sp³-hybridized carbons (Fsp3) is 0.615. The van der Waals surface area contributed by atoms with E-state index in [0.29, 0.717) is 5.02 Å². The molecule has 1 aliphatic rings. The van der Waals surface area contributed by atoms with Crippen LogP contribution >= 0.6 is 11.6 Å². The molecule has 4 nitrogen and oxygen atoms in total. The van der Waals surface area contributed by atoms with E-state index in [2.05, 4.69) is 9.88 Å². The zero-order valence-corrected chi connectivity index (χ0v) is 11.5. The first kappa shape index (κ1) is 13.7. The van der Waals surface area contributed by atoms with Crippen LogP contribution in [0.4, 0.5) is 0 Å². The number of morpholine rings is 1. The molecule has 18 heavy (non-hydrogen) atoms. The van der Waals surface area contributed by atoms with Crippen molar-refractivity contribution in [1.29, 1.82) is 0 Å². The van der Waals surface area contributed by atoms with Crippen molar-refractivity contribution in [3.05, 3.63) is 29.0 Å². The summed E-state index contributed by atoms with van der Waals surface area (Å²) in [6, 6.07) is 1.93. The summed E-state index contributed by atoms with van der Waals surface area (Å²) in [6.07, 6.45) is 3.27. The number of nitrogens with zero attached hydrogens (tertiary/aromatic N) is 2. The summed E-state index contributed by atoms with van der Waals surface area (Å²) in [6.45, 7) is 6.42. The zero-order valence-electron chi connectivity index (χ0n) is 10.8. The quantitative estimate of drug-likeness (QED) is 0.908. The van der Waals surface area contributed by atoms with Gasteiger partial charge < -0.3 is 9.84 Å². The van der Waals surface area contributed by atoms with Crippen molar-refractivity contribution >= 4 is 11.6 Å². The van der Waals surface area contributed by atoms with Gasteiger partial charge in [-0.15, -0.1) is 0 Å². The number of ether oxygens (including phenoxy) is 1. The number of hydrogen-bond donors (Lipinski definition) is 1. The SMILES string of the molecule is CC1(C)CN(Cc2ccncc2Cl)CC(CO)O1. The third-order valence-corrected chi connectivity index (χ3v) is 3.35. The summed E-state index contributed by atoms with van der Waals surface area (Å²) in [5.41, 5.74) is 0.812. The molecule has 1 aliphatic heterocycles. The number of aliphatic hydroxyl groups excluding tert-OH is 1. The van der Waals surface area contributed by atoms with Gasteiger partial charge in [-0.1, -0.05) is 11.6 Å². The molecule has 0 saturated carbocycles. The Hall–Kier alpha value is -0.680. The van der Waals surface area contributed by atoms with E-state index in [1.165, 1.54) is 0 Å². The lowest BCUT2D eigenvalue weighted by Crippen LogP contribution is -2.53. The van der Waals surface area contributed by atoms with Crippen LogP contribution in [0.25, 0.3) is 0 Å². The molecule has 2 rings (SSSR count). The van der Waals surface area contributed by atoms with Gasteiger partial charge in [0.2, 0.25) is 0 Å². The second-order valence-electron chi connectivity index (χ2n) is 5.32. The molecule has 100 valence electrons. The van der Waals surface area contributed by atoms with Gasteiger partial charge in [0.05, 0.1) is 23.3 Å². The van der Waals surface area contributed by atoms with Crippen LogP contribution in [0.2, 0.25) is 5.02 Å². The monoisotopic (exact) mass is 270 g/mol. The van der Waals surface area contributed by atoms with Crippen molar-refractivity contribution in [3.63, 3.8) is 0 Å². The van der Waals surface area contributed by atoms with Gasteiger partial charge >= 0.3 is 0 Å². The molecule has 0 aliphatic carbocycles. The van der Waals surface area contributed by atoms with Crippen molar-refractivity contribution in [1.82, 2.24) is 9.88 Å². The van der Waals surface area contributed by atoms with Crippen LogP contribution in [-0.2, 0) is 11.3 Å². The second-order valence-corrected chi connectivity index (χ2v) is 5.73. The van der Waals surface area contributed by atoms with E-state index < -0.39 is 0 Å². The van der Waals surface area contributed by atoms with Crippen LogP contribution in [0.3, 0.4) is 0 Å².